The van der Waals surface area contributed by atoms with Gasteiger partial charge in [-0.1, -0.05) is 18.2 Å². The summed E-state index contributed by atoms with van der Waals surface area (Å²) in [5, 5.41) is 3.07. The summed E-state index contributed by atoms with van der Waals surface area (Å²) >= 11 is 0. The molecular weight excluding hydrogens is 229 g/mol. The maximum Gasteiger partial charge on any atom is 0.165 e. The molecule has 0 saturated carbocycles. The lowest BCUT2D eigenvalue weighted by atomic mass is 10.2. The molecule has 0 unspecified atom stereocenters. The standard InChI is InChI=1S/C15H16FNO/c1-11-6-7-14(16)15(8-11)18-13-5-3-4-12(9-13)10-17-2/h3-9,17H,10H2,1-2H3. The van der Waals surface area contributed by atoms with E-state index >= 15 is 0 Å². The van der Waals surface area contributed by atoms with E-state index in [1.807, 2.05) is 38.2 Å². The van der Waals surface area contributed by atoms with Crippen LogP contribution in [0.2, 0.25) is 0 Å². The van der Waals surface area contributed by atoms with Crippen molar-refractivity contribution < 1.29 is 9.13 Å². The molecule has 0 fully saturated rings. The molecule has 0 aliphatic heterocycles. The van der Waals surface area contributed by atoms with Crippen LogP contribution in [0.25, 0.3) is 0 Å². The van der Waals surface area contributed by atoms with Crippen molar-refractivity contribution in [2.45, 2.75) is 13.5 Å². The summed E-state index contributed by atoms with van der Waals surface area (Å²) in [5.41, 5.74) is 2.07. The smallest absolute Gasteiger partial charge is 0.165 e. The van der Waals surface area contributed by atoms with Gasteiger partial charge in [0.05, 0.1) is 0 Å². The minimum atomic E-state index is -0.348. The summed E-state index contributed by atoms with van der Waals surface area (Å²) in [6.07, 6.45) is 0. The molecule has 94 valence electrons. The van der Waals surface area contributed by atoms with Crippen molar-refractivity contribution in [1.82, 2.24) is 5.32 Å². The molecule has 2 nitrogen and oxygen atoms in total. The Kier molecular flexibility index (Phi) is 3.95. The second kappa shape index (κ2) is 5.65. The van der Waals surface area contributed by atoms with Crippen LogP contribution in [0, 0.1) is 12.7 Å². The number of ether oxygens (including phenoxy) is 1. The molecule has 0 aromatic heterocycles. The molecule has 0 aliphatic rings. The van der Waals surface area contributed by atoms with Crippen molar-refractivity contribution in [2.75, 3.05) is 7.05 Å². The van der Waals surface area contributed by atoms with Gasteiger partial charge in [0.15, 0.2) is 11.6 Å². The first-order valence-corrected chi connectivity index (χ1v) is 5.86. The van der Waals surface area contributed by atoms with Crippen LogP contribution in [0.4, 0.5) is 4.39 Å². The van der Waals surface area contributed by atoms with Crippen LogP contribution in [0.5, 0.6) is 11.5 Å². The Hall–Kier alpha value is -1.87. The fourth-order valence-electron chi connectivity index (χ4n) is 1.74. The van der Waals surface area contributed by atoms with Gasteiger partial charge in [-0.05, 0) is 49.4 Å². The van der Waals surface area contributed by atoms with Gasteiger partial charge in [-0.2, -0.15) is 0 Å². The Morgan fingerprint density at radius 2 is 2.00 bits per heavy atom. The van der Waals surface area contributed by atoms with Gasteiger partial charge in [-0.25, -0.2) is 4.39 Å². The van der Waals surface area contributed by atoms with Gasteiger partial charge in [0.1, 0.15) is 5.75 Å². The molecule has 1 N–H and O–H groups in total. The van der Waals surface area contributed by atoms with Gasteiger partial charge in [-0.15, -0.1) is 0 Å². The van der Waals surface area contributed by atoms with Crippen molar-refractivity contribution in [3.8, 4) is 11.5 Å². The highest BCUT2D eigenvalue weighted by molar-refractivity contribution is 5.36. The molecule has 2 aromatic carbocycles. The highest BCUT2D eigenvalue weighted by atomic mass is 19.1. The third-order valence-corrected chi connectivity index (χ3v) is 2.59. The van der Waals surface area contributed by atoms with Crippen LogP contribution in [0.15, 0.2) is 42.5 Å². The van der Waals surface area contributed by atoms with Gasteiger partial charge in [0.2, 0.25) is 0 Å². The number of hydrogen-bond acceptors (Lipinski definition) is 2. The molecule has 2 aromatic rings. The van der Waals surface area contributed by atoms with Gasteiger partial charge in [-0.3, -0.25) is 0 Å². The Bertz CT molecular complexity index is 540. The molecule has 0 heterocycles. The molecule has 0 radical (unpaired) electrons. The third-order valence-electron chi connectivity index (χ3n) is 2.59. The molecule has 0 atom stereocenters. The lowest BCUT2D eigenvalue weighted by molar-refractivity contribution is 0.441. The van der Waals surface area contributed by atoms with Crippen molar-refractivity contribution in [3.05, 3.63) is 59.4 Å². The van der Waals surface area contributed by atoms with E-state index in [0.29, 0.717) is 5.75 Å². The molecule has 0 amide bonds. The van der Waals surface area contributed by atoms with Gasteiger partial charge < -0.3 is 10.1 Å². The third kappa shape index (κ3) is 3.08. The largest absolute Gasteiger partial charge is 0.454 e. The maximum absolute atomic E-state index is 13.6. The molecular formula is C15H16FNO. The fraction of sp³-hybridized carbons (Fsp3) is 0.200. The molecule has 0 aliphatic carbocycles. The first kappa shape index (κ1) is 12.6. The van der Waals surface area contributed by atoms with E-state index < -0.39 is 0 Å². The highest BCUT2D eigenvalue weighted by Crippen LogP contribution is 2.25. The second-order valence-electron chi connectivity index (χ2n) is 4.21. The topological polar surface area (TPSA) is 21.3 Å². The summed E-state index contributed by atoms with van der Waals surface area (Å²) in [7, 11) is 1.88. The summed E-state index contributed by atoms with van der Waals surface area (Å²) in [6, 6.07) is 12.5. The van der Waals surface area contributed by atoms with Gasteiger partial charge in [0, 0.05) is 6.54 Å². The van der Waals surface area contributed by atoms with E-state index in [-0.39, 0.29) is 11.6 Å². The van der Waals surface area contributed by atoms with E-state index in [1.54, 1.807) is 12.1 Å². The zero-order chi connectivity index (χ0) is 13.0. The Morgan fingerprint density at radius 3 is 2.78 bits per heavy atom. The number of hydrogen-bond donors (Lipinski definition) is 1. The second-order valence-corrected chi connectivity index (χ2v) is 4.21. The van der Waals surface area contributed by atoms with Gasteiger partial charge >= 0.3 is 0 Å². The molecule has 0 spiro atoms. The predicted molar refractivity (Wildman–Crippen MR) is 70.4 cm³/mol. The summed E-state index contributed by atoms with van der Waals surface area (Å²) < 4.78 is 19.1. The van der Waals surface area contributed by atoms with E-state index in [1.165, 1.54) is 6.07 Å². The molecule has 0 saturated heterocycles. The first-order chi connectivity index (χ1) is 8.69. The predicted octanol–water partition coefficient (Wildman–Crippen LogP) is 3.65. The van der Waals surface area contributed by atoms with Crippen molar-refractivity contribution >= 4 is 0 Å². The SMILES string of the molecule is CNCc1cccc(Oc2cc(C)ccc2F)c1. The summed E-state index contributed by atoms with van der Waals surface area (Å²) in [6.45, 7) is 2.66. The molecule has 0 bridgehead atoms. The quantitative estimate of drug-likeness (QED) is 0.887. The van der Waals surface area contributed by atoms with E-state index in [9.17, 15) is 4.39 Å². The molecule has 3 heteroatoms. The normalized spacial score (nSPS) is 10.4. The number of halogens is 1. The monoisotopic (exact) mass is 245 g/mol. The average Bonchev–Trinajstić information content (AvgIpc) is 2.35. The maximum atomic E-state index is 13.6. The minimum Gasteiger partial charge on any atom is -0.454 e. The van der Waals surface area contributed by atoms with Crippen LogP contribution in [-0.2, 0) is 6.54 Å². The number of aryl methyl sites for hydroxylation is 1. The molecule has 18 heavy (non-hydrogen) atoms. The summed E-state index contributed by atoms with van der Waals surface area (Å²) in [5.74, 6) is 0.559. The van der Waals surface area contributed by atoms with Gasteiger partial charge in [0.25, 0.3) is 0 Å². The minimum absolute atomic E-state index is 0.261. The lowest BCUT2D eigenvalue weighted by Crippen LogP contribution is -2.04. The van der Waals surface area contributed by atoms with Crippen LogP contribution in [0.3, 0.4) is 0 Å². The number of nitrogens with one attached hydrogen (secondary N) is 1. The van der Waals surface area contributed by atoms with E-state index in [4.69, 9.17) is 4.74 Å². The number of rotatable bonds is 4. The van der Waals surface area contributed by atoms with E-state index in [2.05, 4.69) is 5.32 Å². The van der Waals surface area contributed by atoms with Crippen molar-refractivity contribution in [1.29, 1.82) is 0 Å². The Labute approximate surface area is 106 Å². The number of benzene rings is 2. The van der Waals surface area contributed by atoms with Crippen LogP contribution in [0.1, 0.15) is 11.1 Å². The van der Waals surface area contributed by atoms with Crippen LogP contribution >= 0.6 is 0 Å². The van der Waals surface area contributed by atoms with Crippen LogP contribution in [-0.4, -0.2) is 7.05 Å². The fourth-order valence-corrected chi connectivity index (χ4v) is 1.74. The first-order valence-electron chi connectivity index (χ1n) is 5.86. The average molecular weight is 245 g/mol. The summed E-state index contributed by atoms with van der Waals surface area (Å²) in [4.78, 5) is 0. The van der Waals surface area contributed by atoms with E-state index in [0.717, 1.165) is 17.7 Å². The highest BCUT2D eigenvalue weighted by Gasteiger charge is 2.05. The van der Waals surface area contributed by atoms with Crippen molar-refractivity contribution in [2.24, 2.45) is 0 Å². The van der Waals surface area contributed by atoms with Crippen LogP contribution < -0.4 is 10.1 Å². The zero-order valence-electron chi connectivity index (χ0n) is 10.5. The Morgan fingerprint density at radius 1 is 1.17 bits per heavy atom. The van der Waals surface area contributed by atoms with Crippen molar-refractivity contribution in [3.63, 3.8) is 0 Å². The Balaban J connectivity index is 2.22. The zero-order valence-corrected chi connectivity index (χ0v) is 10.5. The lowest BCUT2D eigenvalue weighted by Gasteiger charge is -2.09. The molecule has 2 rings (SSSR count).